The lowest BCUT2D eigenvalue weighted by atomic mass is 10.1. The van der Waals surface area contributed by atoms with Gasteiger partial charge in [0.15, 0.2) is 5.96 Å². The number of aliphatic imine (C=N–C) groups is 1. The molecule has 0 spiro atoms. The monoisotopic (exact) mass is 369 g/mol. The van der Waals surface area contributed by atoms with Crippen molar-refractivity contribution in [3.63, 3.8) is 0 Å². The number of aryl methyl sites for hydroxylation is 2. The van der Waals surface area contributed by atoms with E-state index in [1.54, 1.807) is 0 Å². The van der Waals surface area contributed by atoms with E-state index in [1.165, 1.54) is 11.3 Å². The van der Waals surface area contributed by atoms with E-state index in [1.807, 2.05) is 42.1 Å². The minimum absolute atomic E-state index is 0.273. The molecule has 0 amide bonds. The van der Waals surface area contributed by atoms with E-state index >= 15 is 0 Å². The van der Waals surface area contributed by atoms with Crippen LogP contribution >= 0.6 is 0 Å². The van der Waals surface area contributed by atoms with Gasteiger partial charge in [-0.25, -0.2) is 4.99 Å². The molecule has 3 rings (SSSR count). The fourth-order valence-electron chi connectivity index (χ4n) is 3.50. The lowest BCUT2D eigenvalue weighted by Gasteiger charge is -2.34. The van der Waals surface area contributed by atoms with Crippen molar-refractivity contribution in [1.82, 2.24) is 20.0 Å². The van der Waals surface area contributed by atoms with Crippen molar-refractivity contribution in [2.45, 2.75) is 46.3 Å². The van der Waals surface area contributed by atoms with Gasteiger partial charge in [0.05, 0.1) is 12.2 Å². The number of guanidine groups is 1. The van der Waals surface area contributed by atoms with Gasteiger partial charge in [-0.1, -0.05) is 18.2 Å². The van der Waals surface area contributed by atoms with Crippen LogP contribution in [0.3, 0.4) is 0 Å². The van der Waals surface area contributed by atoms with Gasteiger partial charge in [-0.15, -0.1) is 0 Å². The maximum absolute atomic E-state index is 6.11. The first-order valence-corrected chi connectivity index (χ1v) is 9.82. The summed E-state index contributed by atoms with van der Waals surface area (Å²) < 4.78 is 8.04. The van der Waals surface area contributed by atoms with Crippen molar-refractivity contribution in [3.05, 3.63) is 47.3 Å². The minimum atomic E-state index is 0.273. The molecule has 1 aliphatic rings. The number of rotatable bonds is 5. The van der Waals surface area contributed by atoms with Crippen LogP contribution < -0.4 is 10.1 Å². The van der Waals surface area contributed by atoms with Crippen molar-refractivity contribution in [1.29, 1.82) is 0 Å². The van der Waals surface area contributed by atoms with E-state index in [9.17, 15) is 0 Å². The van der Waals surface area contributed by atoms with Gasteiger partial charge in [-0.2, -0.15) is 5.10 Å². The summed E-state index contributed by atoms with van der Waals surface area (Å²) in [6, 6.07) is 10.1. The molecule has 0 atom stereocenters. The molecule has 1 saturated heterocycles. The zero-order valence-electron chi connectivity index (χ0n) is 16.9. The molecule has 6 nitrogen and oxygen atoms in total. The zero-order chi connectivity index (χ0) is 19.2. The molecule has 2 heterocycles. The van der Waals surface area contributed by atoms with Gasteiger partial charge in [0.25, 0.3) is 0 Å². The number of benzene rings is 1. The predicted molar refractivity (Wildman–Crippen MR) is 109 cm³/mol. The van der Waals surface area contributed by atoms with Crippen molar-refractivity contribution in [3.8, 4) is 5.75 Å². The summed E-state index contributed by atoms with van der Waals surface area (Å²) in [5.41, 5.74) is 3.46. The number of hydrogen-bond donors (Lipinski definition) is 1. The summed E-state index contributed by atoms with van der Waals surface area (Å²) in [5.74, 6) is 1.94. The standard InChI is InChI=1S/C21H31N5O/c1-5-22-21(23-15-20-16(2)24-25(4)17(20)3)26-13-11-19(12-14-26)27-18-9-7-6-8-10-18/h6-10,19H,5,11-15H2,1-4H3,(H,22,23). The van der Waals surface area contributed by atoms with Gasteiger partial charge in [-0.3, -0.25) is 4.68 Å². The number of hydrogen-bond acceptors (Lipinski definition) is 3. The number of nitrogens with zero attached hydrogens (tertiary/aromatic N) is 4. The predicted octanol–water partition coefficient (Wildman–Crippen LogP) is 3.05. The molecule has 1 fully saturated rings. The summed E-state index contributed by atoms with van der Waals surface area (Å²) >= 11 is 0. The lowest BCUT2D eigenvalue weighted by Crippen LogP contribution is -2.47. The van der Waals surface area contributed by atoms with E-state index < -0.39 is 0 Å². The number of para-hydroxylation sites is 1. The smallest absolute Gasteiger partial charge is 0.194 e. The quantitative estimate of drug-likeness (QED) is 0.650. The van der Waals surface area contributed by atoms with Gasteiger partial charge in [0.2, 0.25) is 0 Å². The van der Waals surface area contributed by atoms with E-state index in [0.717, 1.165) is 49.9 Å². The topological polar surface area (TPSA) is 54.7 Å². The molecule has 27 heavy (non-hydrogen) atoms. The minimum Gasteiger partial charge on any atom is -0.490 e. The van der Waals surface area contributed by atoms with Crippen LogP contribution in [0.1, 0.15) is 36.7 Å². The van der Waals surface area contributed by atoms with Crippen LogP contribution in [0.4, 0.5) is 0 Å². The third-order valence-corrected chi connectivity index (χ3v) is 5.17. The molecule has 1 aromatic carbocycles. The largest absolute Gasteiger partial charge is 0.490 e. The second-order valence-electron chi connectivity index (χ2n) is 7.06. The van der Waals surface area contributed by atoms with Crippen LogP contribution in [0.2, 0.25) is 0 Å². The van der Waals surface area contributed by atoms with Crippen molar-refractivity contribution >= 4 is 5.96 Å². The Balaban J connectivity index is 1.60. The highest BCUT2D eigenvalue weighted by atomic mass is 16.5. The van der Waals surface area contributed by atoms with Crippen molar-refractivity contribution < 1.29 is 4.74 Å². The Bertz CT molecular complexity index is 760. The number of piperidine rings is 1. The average Bonchev–Trinajstić information content (AvgIpc) is 2.92. The van der Waals surface area contributed by atoms with Crippen LogP contribution in [0.15, 0.2) is 35.3 Å². The molecule has 1 N–H and O–H groups in total. The number of ether oxygens (including phenoxy) is 1. The van der Waals surface area contributed by atoms with E-state index in [-0.39, 0.29) is 6.10 Å². The number of likely N-dealkylation sites (tertiary alicyclic amines) is 1. The molecule has 0 bridgehead atoms. The van der Waals surface area contributed by atoms with Gasteiger partial charge in [0, 0.05) is 50.8 Å². The van der Waals surface area contributed by atoms with Gasteiger partial charge in [0.1, 0.15) is 11.9 Å². The molecule has 0 unspecified atom stereocenters. The Hall–Kier alpha value is -2.50. The lowest BCUT2D eigenvalue weighted by molar-refractivity contribution is 0.129. The molecule has 1 aromatic heterocycles. The summed E-state index contributed by atoms with van der Waals surface area (Å²) in [7, 11) is 1.98. The van der Waals surface area contributed by atoms with Crippen LogP contribution in [0.5, 0.6) is 5.75 Å². The Morgan fingerprint density at radius 1 is 1.22 bits per heavy atom. The van der Waals surface area contributed by atoms with Crippen LogP contribution in [-0.4, -0.2) is 46.4 Å². The first-order chi connectivity index (χ1) is 13.1. The molecule has 0 aliphatic carbocycles. The SMILES string of the molecule is CCNC(=NCc1c(C)nn(C)c1C)N1CCC(Oc2ccccc2)CC1. The molecular formula is C21H31N5O. The molecule has 6 heteroatoms. The molecule has 0 saturated carbocycles. The van der Waals surface area contributed by atoms with Crippen LogP contribution in [-0.2, 0) is 13.6 Å². The molecule has 1 aliphatic heterocycles. The summed E-state index contributed by atoms with van der Waals surface area (Å²) in [6.45, 7) is 9.70. The average molecular weight is 370 g/mol. The second-order valence-corrected chi connectivity index (χ2v) is 7.06. The Morgan fingerprint density at radius 3 is 2.52 bits per heavy atom. The maximum Gasteiger partial charge on any atom is 0.194 e. The summed E-state index contributed by atoms with van der Waals surface area (Å²) in [6.07, 6.45) is 2.28. The van der Waals surface area contributed by atoms with E-state index in [4.69, 9.17) is 9.73 Å². The summed E-state index contributed by atoms with van der Waals surface area (Å²) in [4.78, 5) is 7.23. The number of aromatic nitrogens is 2. The fourth-order valence-corrected chi connectivity index (χ4v) is 3.50. The fraction of sp³-hybridized carbons (Fsp3) is 0.524. The summed E-state index contributed by atoms with van der Waals surface area (Å²) in [5, 5.41) is 7.93. The van der Waals surface area contributed by atoms with Crippen molar-refractivity contribution in [2.24, 2.45) is 12.0 Å². The zero-order valence-corrected chi connectivity index (χ0v) is 16.9. The highest BCUT2D eigenvalue weighted by Crippen LogP contribution is 2.19. The third kappa shape index (κ3) is 4.81. The maximum atomic E-state index is 6.11. The Kier molecular flexibility index (Phi) is 6.37. The van der Waals surface area contributed by atoms with Gasteiger partial charge < -0.3 is 15.0 Å². The number of nitrogens with one attached hydrogen (secondary N) is 1. The van der Waals surface area contributed by atoms with Gasteiger partial charge in [-0.05, 0) is 32.9 Å². The second kappa shape index (κ2) is 8.93. The van der Waals surface area contributed by atoms with Gasteiger partial charge >= 0.3 is 0 Å². The van der Waals surface area contributed by atoms with E-state index in [0.29, 0.717) is 6.54 Å². The Labute approximate surface area is 162 Å². The van der Waals surface area contributed by atoms with Crippen LogP contribution in [0, 0.1) is 13.8 Å². The normalized spacial score (nSPS) is 15.9. The Morgan fingerprint density at radius 2 is 1.93 bits per heavy atom. The molecule has 146 valence electrons. The van der Waals surface area contributed by atoms with Crippen molar-refractivity contribution in [2.75, 3.05) is 19.6 Å². The van der Waals surface area contributed by atoms with E-state index in [2.05, 4.69) is 36.1 Å². The van der Waals surface area contributed by atoms with Crippen LogP contribution in [0.25, 0.3) is 0 Å². The molecule has 2 aromatic rings. The highest BCUT2D eigenvalue weighted by Gasteiger charge is 2.23. The molecular weight excluding hydrogens is 338 g/mol. The highest BCUT2D eigenvalue weighted by molar-refractivity contribution is 5.80. The first kappa shape index (κ1) is 19.3. The first-order valence-electron chi connectivity index (χ1n) is 9.82. The third-order valence-electron chi connectivity index (χ3n) is 5.17. The molecule has 0 radical (unpaired) electrons.